The number of hydrogen-bond acceptors (Lipinski definition) is 36. The number of nitrogens with one attached hydrogen (secondary N) is 5. The zero-order valence-corrected chi connectivity index (χ0v) is 68.8. The number of ketones is 5. The van der Waals surface area contributed by atoms with Crippen molar-refractivity contribution in [2.24, 2.45) is 0 Å². The monoisotopic (exact) mass is 1720 g/mol. The summed E-state index contributed by atoms with van der Waals surface area (Å²) in [6.45, 7) is 0.269. The lowest BCUT2D eigenvalue weighted by atomic mass is 9.97. The molecule has 0 saturated carbocycles. The highest BCUT2D eigenvalue weighted by atomic mass is 31.2. The summed E-state index contributed by atoms with van der Waals surface area (Å²) in [5, 5.41) is 104. The average Bonchev–Trinajstić information content (AvgIpc) is 1.33. The van der Waals surface area contributed by atoms with Gasteiger partial charge in [-0.2, -0.15) is 0 Å². The van der Waals surface area contributed by atoms with Crippen molar-refractivity contribution in [1.29, 1.82) is 0 Å². The summed E-state index contributed by atoms with van der Waals surface area (Å²) in [5.41, 5.74) is -1.74. The van der Waals surface area contributed by atoms with Crippen molar-refractivity contribution >= 4 is 85.8 Å². The maximum atomic E-state index is 14.4. The summed E-state index contributed by atoms with van der Waals surface area (Å²) in [5.74, 6) is -5.38. The normalized spacial score (nSPS) is 29.5. The van der Waals surface area contributed by atoms with Crippen LogP contribution in [0.2, 0.25) is 0 Å². The molecule has 0 radical (unpaired) electrons. The Morgan fingerprint density at radius 3 is 1.29 bits per heavy atom. The lowest BCUT2D eigenvalue weighted by Gasteiger charge is -2.42. The highest BCUT2D eigenvalue weighted by molar-refractivity contribution is 7.58. The van der Waals surface area contributed by atoms with Crippen molar-refractivity contribution in [3.8, 4) is 0 Å². The molecule has 5 saturated heterocycles. The maximum Gasteiger partial charge on any atom is 0.325 e. The summed E-state index contributed by atoms with van der Waals surface area (Å²) < 4.78 is 91.8. The lowest BCUT2D eigenvalue weighted by Crippen LogP contribution is -2.64. The molecule has 0 bridgehead atoms. The minimum absolute atomic E-state index is 0.0411. The van der Waals surface area contributed by atoms with Crippen LogP contribution in [-0.4, -0.2) is 379 Å². The number of hydrogen-bond donors (Lipinski definition) is 16. The molecule has 5 aliphatic heterocycles. The van der Waals surface area contributed by atoms with Gasteiger partial charge in [-0.05, 0) is 32.5 Å². The number of ether oxygens (including phenoxy) is 11. The number of nitrogens with zero attached hydrogens (tertiary/aromatic N) is 1. The number of aliphatic hydroxyl groups is 9. The molecule has 0 aliphatic carbocycles. The minimum atomic E-state index is -3.93. The third-order valence-electron chi connectivity index (χ3n) is 19.6. The smallest absolute Gasteiger partial charge is 0.325 e. The molecule has 22 atom stereocenters. The van der Waals surface area contributed by atoms with Crippen LogP contribution >= 0.6 is 15.2 Å². The first-order valence-corrected chi connectivity index (χ1v) is 42.7. The van der Waals surface area contributed by atoms with E-state index in [0.717, 1.165) is 13.6 Å². The van der Waals surface area contributed by atoms with Gasteiger partial charge in [0.25, 0.3) is 0 Å². The Morgan fingerprint density at radius 1 is 0.496 bits per heavy atom. The molecule has 0 spiro atoms. The molecule has 5 rings (SSSR count). The second-order valence-electron chi connectivity index (χ2n) is 29.6. The molecule has 5 heterocycles. The molecule has 672 valence electrons. The Balaban J connectivity index is 1.26. The fourth-order valence-electron chi connectivity index (χ4n) is 13.4. The number of methoxy groups -OCH3 is 1. The van der Waals surface area contributed by atoms with E-state index in [0.29, 0.717) is 0 Å². The van der Waals surface area contributed by atoms with Crippen LogP contribution in [0.25, 0.3) is 0 Å². The Morgan fingerprint density at radius 2 is 0.897 bits per heavy atom. The van der Waals surface area contributed by atoms with Gasteiger partial charge in [-0.25, -0.2) is 0 Å². The fraction of sp³-hybridized carbons (Fsp3) is 0.833. The third-order valence-corrected chi connectivity index (χ3v) is 21.4. The molecule has 0 aromatic rings. The van der Waals surface area contributed by atoms with Gasteiger partial charge >= 0.3 is 7.60 Å². The summed E-state index contributed by atoms with van der Waals surface area (Å²) in [4.78, 5) is 165. The fourth-order valence-corrected chi connectivity index (χ4v) is 14.9. The number of likely N-dealkylation sites (tertiary alicyclic amines) is 1. The average molecular weight is 1730 g/mol. The van der Waals surface area contributed by atoms with E-state index in [4.69, 9.17) is 65.7 Å². The third kappa shape index (κ3) is 36.3. The van der Waals surface area contributed by atoms with Crippen molar-refractivity contribution in [2.75, 3.05) is 119 Å². The van der Waals surface area contributed by atoms with E-state index in [1.54, 1.807) is 6.92 Å². The largest absolute Gasteiger partial charge is 0.394 e. The summed E-state index contributed by atoms with van der Waals surface area (Å²) in [6, 6.07) is -4.46. The van der Waals surface area contributed by atoms with Crippen LogP contribution < -0.4 is 26.6 Å². The van der Waals surface area contributed by atoms with Crippen molar-refractivity contribution in [1.82, 2.24) is 31.5 Å². The molecule has 117 heavy (non-hydrogen) atoms. The van der Waals surface area contributed by atoms with Gasteiger partial charge in [-0.3, -0.25) is 57.3 Å². The topological polar surface area (TPSA) is 620 Å². The predicted molar refractivity (Wildman–Crippen MR) is 403 cm³/mol. The molecule has 5 fully saturated rings. The van der Waals surface area contributed by atoms with Gasteiger partial charge in [0.15, 0.2) is 18.9 Å². The van der Waals surface area contributed by atoms with Crippen molar-refractivity contribution in [3.63, 3.8) is 0 Å². The quantitative estimate of drug-likeness (QED) is 0.0200. The number of carbonyl (C=O) groups is 11. The van der Waals surface area contributed by atoms with Crippen molar-refractivity contribution < 1.29 is 179 Å². The van der Waals surface area contributed by atoms with Crippen molar-refractivity contribution in [2.45, 2.75) is 265 Å². The summed E-state index contributed by atoms with van der Waals surface area (Å²) in [6.07, 6.45) is -18.2. The molecule has 0 aromatic carbocycles. The van der Waals surface area contributed by atoms with Crippen LogP contribution in [0.3, 0.4) is 0 Å². The Hall–Kier alpha value is -5.30. The maximum absolute atomic E-state index is 14.4. The molecule has 45 heteroatoms. The molecule has 0 aromatic heterocycles. The number of rotatable bonds is 57. The zero-order valence-electron chi connectivity index (χ0n) is 67.0. The van der Waals surface area contributed by atoms with Gasteiger partial charge in [0.1, 0.15) is 114 Å². The van der Waals surface area contributed by atoms with E-state index in [-0.39, 0.29) is 197 Å². The van der Waals surface area contributed by atoms with Crippen LogP contribution in [0.1, 0.15) is 137 Å². The van der Waals surface area contributed by atoms with Crippen LogP contribution in [0.5, 0.6) is 0 Å². The van der Waals surface area contributed by atoms with Gasteiger partial charge in [0.05, 0.1) is 117 Å². The highest BCUT2D eigenvalue weighted by Gasteiger charge is 2.49. The second-order valence-corrected chi connectivity index (χ2v) is 33.2. The van der Waals surface area contributed by atoms with E-state index in [2.05, 4.69) is 32.9 Å². The van der Waals surface area contributed by atoms with Gasteiger partial charge in [0.2, 0.25) is 43.0 Å². The van der Waals surface area contributed by atoms with Crippen molar-refractivity contribution in [3.05, 3.63) is 0 Å². The predicted octanol–water partition coefficient (Wildman–Crippen LogP) is -5.20. The number of amides is 6. The van der Waals surface area contributed by atoms with Gasteiger partial charge < -0.3 is 153 Å². The van der Waals surface area contributed by atoms with Crippen LogP contribution in [-0.2, 0) is 123 Å². The molecular weight excluding hydrogens is 1600 g/mol. The molecule has 6 amide bonds. The van der Waals surface area contributed by atoms with Gasteiger partial charge in [-0.15, -0.1) is 0 Å². The first-order chi connectivity index (χ1) is 55.3. The Bertz CT molecular complexity index is 3040. The number of aliphatic hydroxyl groups excluding tert-OH is 9. The Labute approximate surface area is 677 Å². The van der Waals surface area contributed by atoms with Gasteiger partial charge in [-0.1, -0.05) is 0 Å². The lowest BCUT2D eigenvalue weighted by molar-refractivity contribution is -0.269. The van der Waals surface area contributed by atoms with Gasteiger partial charge in [0, 0.05) is 138 Å². The SMILES string of the molecule is C=P(O)(OC[C@@H]1C[C@@H](OC)CN1C(=O)CCC(=O)NC(COCCC(=O)CCCC(=O)CCO[C@@H]1OC(CO)[C@H](O)[C@H](O)C1NC(C)=O)(COCCC(=O)CCCC(=O)CCO[C@@H]1OC(CO)[C@H](O)[C@H](O)C1NC(C)=O)COCCC(=O)NCCC(=O)CCO[C@@H]1OC(CO)[C@H](O)[C@H](O)C1NC(C)=O)OC1C[C@H](C)O[C@@H]1COP(C)(=O)O. The second kappa shape index (κ2) is 51.6. The molecular formula is C72H122N6O37P2. The number of Topliss-reactive ketones (excluding diaryl/α,β-unsaturated/α-hetero) is 5. The summed E-state index contributed by atoms with van der Waals surface area (Å²) in [7, 11) is -6.41. The van der Waals surface area contributed by atoms with Crippen LogP contribution in [0.4, 0.5) is 0 Å². The van der Waals surface area contributed by atoms with E-state index >= 15 is 0 Å². The molecule has 5 aliphatic rings. The molecule has 16 N–H and O–H groups in total. The zero-order chi connectivity index (χ0) is 86.7. The van der Waals surface area contributed by atoms with Crippen LogP contribution in [0, 0.1) is 0 Å². The van der Waals surface area contributed by atoms with E-state index in [1.807, 2.05) is 0 Å². The molecule has 9 unspecified atom stereocenters. The first kappa shape index (κ1) is 102. The van der Waals surface area contributed by atoms with E-state index < -0.39 is 225 Å². The van der Waals surface area contributed by atoms with E-state index in [1.165, 1.54) is 25.9 Å². The van der Waals surface area contributed by atoms with E-state index in [9.17, 15) is 113 Å². The molecule has 43 nitrogen and oxygen atoms in total. The summed E-state index contributed by atoms with van der Waals surface area (Å²) >= 11 is 0. The standard InChI is InChI=1S/C72H122N6O37P2/c1-41-30-52(56(111-41)37-109-116(6,99)100)115-117(7,101)110-36-45-31-51(102-5)32-78(45)59(92)15-14-58(91)77-72(38-103-24-17-46(85)10-8-12-48(87)19-27-106-69-60(74-42(2)82)66(96)63(93)53(33-79)112-69,39-104-25-18-47(86)11-9-13-49(88)20-28-107-70-61(75-43(3)83)67(97)64(94)54(34-80)113-70)40-105-26-22-57(90)73-23-16-50(89)21-29-108-71-62(76-44(4)84)68(98)65(95)55(35-81)114-71/h41,45,51-56,60-71,79-81,93-98,101H,7-40H2,1-6H3,(H,73,90)(H,74,82)(H,75,83)(H,76,84)(H,77,91)(H,99,100)/t41-,45-,51+,52?,53?,54?,55?,56+,60?,61?,62?,63-,64-,65-,66+,67+,68+,69+,70+,71+,72?,117?/m0/s1. The first-order valence-electron chi connectivity index (χ1n) is 39.0. The number of carbonyl (C=O) groups excluding carboxylic acids is 11. The minimum Gasteiger partial charge on any atom is -0.394 e. The highest BCUT2D eigenvalue weighted by Crippen LogP contribution is 2.48. The van der Waals surface area contributed by atoms with Crippen LogP contribution in [0.15, 0.2) is 0 Å². The Kier molecular flexibility index (Phi) is 45.1.